The molecule has 1 unspecified atom stereocenters. The van der Waals surface area contributed by atoms with Gasteiger partial charge in [-0.2, -0.15) is 0 Å². The number of halogens is 1. The molecule has 2 heterocycles. The van der Waals surface area contributed by atoms with E-state index >= 15 is 0 Å². The van der Waals surface area contributed by atoms with Gasteiger partial charge >= 0.3 is 6.03 Å². The maximum Gasteiger partial charge on any atom is 0.325 e. The van der Waals surface area contributed by atoms with E-state index < -0.39 is 11.6 Å². The van der Waals surface area contributed by atoms with E-state index in [1.54, 1.807) is 6.92 Å². The van der Waals surface area contributed by atoms with Gasteiger partial charge < -0.3 is 15.5 Å². The van der Waals surface area contributed by atoms with Gasteiger partial charge in [-0.05, 0) is 51.8 Å². The molecule has 29 heavy (non-hydrogen) atoms. The molecule has 8 heteroatoms. The zero-order valence-corrected chi connectivity index (χ0v) is 18.2. The van der Waals surface area contributed by atoms with Gasteiger partial charge in [0.05, 0.1) is 0 Å². The average Bonchev–Trinajstić information content (AvgIpc) is 2.91. The van der Waals surface area contributed by atoms with Gasteiger partial charge in [-0.1, -0.05) is 36.8 Å². The summed E-state index contributed by atoms with van der Waals surface area (Å²) < 4.78 is 0. The number of benzene rings is 1. The van der Waals surface area contributed by atoms with Crippen LogP contribution in [0.3, 0.4) is 0 Å². The van der Waals surface area contributed by atoms with Crippen LogP contribution in [0.15, 0.2) is 24.3 Å². The summed E-state index contributed by atoms with van der Waals surface area (Å²) in [5, 5.41) is 6.08. The third kappa shape index (κ3) is 4.73. The van der Waals surface area contributed by atoms with Crippen LogP contribution in [0, 0.1) is 6.92 Å². The SMILES string of the molecule is CCCN(C(=O)CN1C(=O)NC(C)(c2ccc(C)cc2)C1=O)C1CCNCC1.Cl. The molecule has 7 nitrogen and oxygen atoms in total. The predicted molar refractivity (Wildman–Crippen MR) is 114 cm³/mol. The highest BCUT2D eigenvalue weighted by atomic mass is 35.5. The monoisotopic (exact) mass is 422 g/mol. The van der Waals surface area contributed by atoms with E-state index in [0.717, 1.165) is 48.4 Å². The summed E-state index contributed by atoms with van der Waals surface area (Å²) in [7, 11) is 0. The number of nitrogens with one attached hydrogen (secondary N) is 2. The van der Waals surface area contributed by atoms with Crippen LogP contribution in [-0.4, -0.2) is 59.9 Å². The Bertz CT molecular complexity index is 749. The molecule has 2 aliphatic heterocycles. The van der Waals surface area contributed by atoms with Crippen molar-refractivity contribution in [2.75, 3.05) is 26.2 Å². The molecule has 0 radical (unpaired) electrons. The first kappa shape index (κ1) is 23.2. The molecule has 2 saturated heterocycles. The highest BCUT2D eigenvalue weighted by Crippen LogP contribution is 2.29. The highest BCUT2D eigenvalue weighted by molar-refractivity contribution is 6.09. The second-order valence-electron chi connectivity index (χ2n) is 7.88. The molecule has 0 saturated carbocycles. The van der Waals surface area contributed by atoms with Crippen molar-refractivity contribution in [2.24, 2.45) is 0 Å². The molecule has 2 aliphatic rings. The van der Waals surface area contributed by atoms with Gasteiger partial charge in [0.15, 0.2) is 0 Å². The van der Waals surface area contributed by atoms with E-state index in [4.69, 9.17) is 0 Å². The third-order valence-corrected chi connectivity index (χ3v) is 5.73. The number of carbonyl (C=O) groups excluding carboxylic acids is 3. The Morgan fingerprint density at radius 2 is 1.83 bits per heavy atom. The lowest BCUT2D eigenvalue weighted by Gasteiger charge is -2.35. The number of piperidine rings is 1. The molecular weight excluding hydrogens is 392 g/mol. The quantitative estimate of drug-likeness (QED) is 0.688. The van der Waals surface area contributed by atoms with Crippen molar-refractivity contribution >= 4 is 30.3 Å². The first-order chi connectivity index (χ1) is 13.4. The van der Waals surface area contributed by atoms with E-state index in [0.29, 0.717) is 6.54 Å². The summed E-state index contributed by atoms with van der Waals surface area (Å²) in [6.45, 7) is 7.88. The van der Waals surface area contributed by atoms with E-state index in [9.17, 15) is 14.4 Å². The lowest BCUT2D eigenvalue weighted by atomic mass is 9.91. The molecule has 1 atom stereocenters. The number of imide groups is 1. The highest BCUT2D eigenvalue weighted by Gasteiger charge is 2.49. The van der Waals surface area contributed by atoms with E-state index in [1.165, 1.54) is 0 Å². The van der Waals surface area contributed by atoms with E-state index in [1.807, 2.05) is 43.0 Å². The van der Waals surface area contributed by atoms with E-state index in [-0.39, 0.29) is 36.8 Å². The van der Waals surface area contributed by atoms with Crippen LogP contribution < -0.4 is 10.6 Å². The molecule has 3 rings (SSSR count). The summed E-state index contributed by atoms with van der Waals surface area (Å²) in [5.41, 5.74) is 0.651. The second-order valence-corrected chi connectivity index (χ2v) is 7.88. The van der Waals surface area contributed by atoms with Crippen molar-refractivity contribution < 1.29 is 14.4 Å². The van der Waals surface area contributed by atoms with E-state index in [2.05, 4.69) is 10.6 Å². The fourth-order valence-electron chi connectivity index (χ4n) is 4.02. The zero-order chi connectivity index (χ0) is 20.3. The Morgan fingerprint density at radius 1 is 1.21 bits per heavy atom. The van der Waals surface area contributed by atoms with Crippen LogP contribution in [-0.2, 0) is 15.1 Å². The van der Waals surface area contributed by atoms with Gasteiger partial charge in [-0.15, -0.1) is 12.4 Å². The number of hydrogen-bond donors (Lipinski definition) is 2. The molecule has 2 N–H and O–H groups in total. The van der Waals surface area contributed by atoms with Crippen LogP contribution in [0.25, 0.3) is 0 Å². The fourth-order valence-corrected chi connectivity index (χ4v) is 4.02. The number of carbonyl (C=O) groups is 3. The Labute approximate surface area is 178 Å². The van der Waals surface area contributed by atoms with Crippen LogP contribution >= 0.6 is 12.4 Å². The van der Waals surface area contributed by atoms with Crippen LogP contribution in [0.2, 0.25) is 0 Å². The second kappa shape index (κ2) is 9.59. The maximum atomic E-state index is 13.1. The van der Waals surface area contributed by atoms with Gasteiger partial charge in [0.1, 0.15) is 12.1 Å². The molecule has 0 bridgehead atoms. The molecule has 4 amide bonds. The predicted octanol–water partition coefficient (Wildman–Crippen LogP) is 2.17. The van der Waals surface area contributed by atoms with Crippen molar-refractivity contribution in [3.05, 3.63) is 35.4 Å². The molecule has 1 aromatic carbocycles. The number of hydrogen-bond acceptors (Lipinski definition) is 4. The molecule has 1 aromatic rings. The Balaban J connectivity index is 0.00000300. The Kier molecular flexibility index (Phi) is 7.66. The molecule has 0 aromatic heterocycles. The normalized spacial score (nSPS) is 22.2. The Hall–Kier alpha value is -2.12. The fraction of sp³-hybridized carbons (Fsp3) is 0.571. The van der Waals surface area contributed by atoms with Gasteiger partial charge in [0.2, 0.25) is 5.91 Å². The van der Waals surface area contributed by atoms with Crippen molar-refractivity contribution in [2.45, 2.75) is 51.6 Å². The van der Waals surface area contributed by atoms with Crippen LogP contribution in [0.5, 0.6) is 0 Å². The number of rotatable bonds is 6. The van der Waals surface area contributed by atoms with Crippen LogP contribution in [0.1, 0.15) is 44.2 Å². The largest absolute Gasteiger partial charge is 0.338 e. The van der Waals surface area contributed by atoms with Crippen molar-refractivity contribution in [1.29, 1.82) is 0 Å². The van der Waals surface area contributed by atoms with Gasteiger partial charge in [0.25, 0.3) is 5.91 Å². The molecular formula is C21H31ClN4O3. The number of amides is 4. The van der Waals surface area contributed by atoms with Crippen LogP contribution in [0.4, 0.5) is 4.79 Å². The van der Waals surface area contributed by atoms with Crippen molar-refractivity contribution in [1.82, 2.24) is 20.4 Å². The summed E-state index contributed by atoms with van der Waals surface area (Å²) in [5.74, 6) is -0.540. The lowest BCUT2D eigenvalue weighted by Crippen LogP contribution is -2.50. The van der Waals surface area contributed by atoms with Crippen molar-refractivity contribution in [3.8, 4) is 0 Å². The van der Waals surface area contributed by atoms with Gasteiger partial charge in [-0.25, -0.2) is 4.79 Å². The molecule has 0 aliphatic carbocycles. The first-order valence-electron chi connectivity index (χ1n) is 10.1. The van der Waals surface area contributed by atoms with Crippen molar-refractivity contribution in [3.63, 3.8) is 0 Å². The minimum Gasteiger partial charge on any atom is -0.338 e. The maximum absolute atomic E-state index is 13.1. The molecule has 0 spiro atoms. The average molecular weight is 423 g/mol. The minimum atomic E-state index is -1.14. The summed E-state index contributed by atoms with van der Waals surface area (Å²) in [6, 6.07) is 7.16. The number of nitrogens with zero attached hydrogens (tertiary/aromatic N) is 2. The standard InChI is InChI=1S/C21H30N4O3.ClH/c1-4-13-24(17-9-11-22-12-10-17)18(26)14-25-19(27)21(3,23-20(25)28)16-7-5-15(2)6-8-16;/h5-8,17,22H,4,9-14H2,1-3H3,(H,23,28);1H. The first-order valence-corrected chi connectivity index (χ1v) is 10.1. The summed E-state index contributed by atoms with van der Waals surface area (Å²) in [6.07, 6.45) is 2.64. The minimum absolute atomic E-state index is 0. The summed E-state index contributed by atoms with van der Waals surface area (Å²) in [4.78, 5) is 41.5. The van der Waals surface area contributed by atoms with Gasteiger partial charge in [0, 0.05) is 12.6 Å². The number of urea groups is 1. The Morgan fingerprint density at radius 3 is 2.41 bits per heavy atom. The third-order valence-electron chi connectivity index (χ3n) is 5.73. The topological polar surface area (TPSA) is 81.8 Å². The number of aryl methyl sites for hydroxylation is 1. The summed E-state index contributed by atoms with van der Waals surface area (Å²) >= 11 is 0. The molecule has 2 fully saturated rings. The molecule has 160 valence electrons. The smallest absolute Gasteiger partial charge is 0.325 e. The zero-order valence-electron chi connectivity index (χ0n) is 17.4. The lowest BCUT2D eigenvalue weighted by molar-refractivity contribution is -0.140. The van der Waals surface area contributed by atoms with Gasteiger partial charge in [-0.3, -0.25) is 14.5 Å².